The number of hydrogen-bond donors (Lipinski definition) is 1. The topological polar surface area (TPSA) is 35.2 Å². The molecule has 2 atom stereocenters. The highest BCUT2D eigenvalue weighted by molar-refractivity contribution is 4.79. The van der Waals surface area contributed by atoms with Crippen LogP contribution in [0.4, 0.5) is 0 Å². The Hall–Kier alpha value is -0.0800. The van der Waals surface area contributed by atoms with Gasteiger partial charge in [0.1, 0.15) is 0 Å². The van der Waals surface area contributed by atoms with Crippen molar-refractivity contribution in [2.24, 2.45) is 5.73 Å². The van der Waals surface area contributed by atoms with Gasteiger partial charge in [-0.15, -0.1) is 0 Å². The second kappa shape index (κ2) is 5.86. The van der Waals surface area contributed by atoms with E-state index >= 15 is 0 Å². The molecule has 88 valence electrons. The Labute approximate surface area is 93.6 Å². The molecular weight excluding hydrogens is 186 g/mol. The van der Waals surface area contributed by atoms with Crippen LogP contribution in [0.25, 0.3) is 0 Å². The zero-order valence-corrected chi connectivity index (χ0v) is 9.79. The largest absolute Gasteiger partial charge is 0.373 e. The van der Waals surface area contributed by atoms with Crippen LogP contribution in [0, 0.1) is 0 Å². The quantitative estimate of drug-likeness (QED) is 0.713. The SMILES string of the molecule is NC1CCCCCC1OC1CCCCC1. The Kier molecular flexibility index (Phi) is 4.45. The minimum absolute atomic E-state index is 0.300. The number of nitrogens with two attached hydrogens (primary N) is 1. The van der Waals surface area contributed by atoms with Crippen LogP contribution < -0.4 is 5.73 Å². The maximum atomic E-state index is 6.20. The summed E-state index contributed by atoms with van der Waals surface area (Å²) >= 11 is 0. The smallest absolute Gasteiger partial charge is 0.0729 e. The van der Waals surface area contributed by atoms with E-state index in [2.05, 4.69) is 0 Å². The first kappa shape index (κ1) is 11.4. The summed E-state index contributed by atoms with van der Waals surface area (Å²) < 4.78 is 6.20. The summed E-state index contributed by atoms with van der Waals surface area (Å²) in [5.41, 5.74) is 6.17. The molecule has 0 bridgehead atoms. The van der Waals surface area contributed by atoms with Crippen molar-refractivity contribution >= 4 is 0 Å². The molecule has 0 amide bonds. The summed E-state index contributed by atoms with van der Waals surface area (Å²) in [6.07, 6.45) is 13.8. The van der Waals surface area contributed by atoms with Gasteiger partial charge in [-0.3, -0.25) is 0 Å². The molecule has 0 aromatic heterocycles. The summed E-state index contributed by atoms with van der Waals surface area (Å²) in [4.78, 5) is 0. The molecule has 2 rings (SSSR count). The van der Waals surface area contributed by atoms with Crippen LogP contribution in [0.1, 0.15) is 64.2 Å². The van der Waals surface area contributed by atoms with Crippen molar-refractivity contribution < 1.29 is 4.74 Å². The van der Waals surface area contributed by atoms with Crippen LogP contribution in [0.15, 0.2) is 0 Å². The minimum Gasteiger partial charge on any atom is -0.373 e. The molecule has 0 aromatic carbocycles. The third-order valence-corrected chi connectivity index (χ3v) is 3.92. The van der Waals surface area contributed by atoms with E-state index in [1.165, 1.54) is 57.8 Å². The zero-order valence-electron chi connectivity index (χ0n) is 9.79. The predicted octanol–water partition coefficient (Wildman–Crippen LogP) is 3.00. The zero-order chi connectivity index (χ0) is 10.5. The summed E-state index contributed by atoms with van der Waals surface area (Å²) in [6, 6.07) is 0.300. The van der Waals surface area contributed by atoms with Gasteiger partial charge >= 0.3 is 0 Å². The van der Waals surface area contributed by atoms with Crippen LogP contribution in [0.5, 0.6) is 0 Å². The molecule has 0 radical (unpaired) electrons. The van der Waals surface area contributed by atoms with Crippen LogP contribution in [0.3, 0.4) is 0 Å². The van der Waals surface area contributed by atoms with Crippen molar-refractivity contribution in [2.45, 2.75) is 82.5 Å². The third-order valence-electron chi connectivity index (χ3n) is 3.92. The number of hydrogen-bond acceptors (Lipinski definition) is 2. The van der Waals surface area contributed by atoms with Gasteiger partial charge in [0.05, 0.1) is 12.2 Å². The lowest BCUT2D eigenvalue weighted by Crippen LogP contribution is -2.38. The molecule has 2 nitrogen and oxygen atoms in total. The first-order chi connectivity index (χ1) is 7.36. The van der Waals surface area contributed by atoms with Gasteiger partial charge in [0, 0.05) is 6.04 Å². The van der Waals surface area contributed by atoms with E-state index in [0.717, 1.165) is 6.42 Å². The second-order valence-electron chi connectivity index (χ2n) is 5.24. The minimum atomic E-state index is 0.300. The van der Waals surface area contributed by atoms with Gasteiger partial charge < -0.3 is 10.5 Å². The summed E-state index contributed by atoms with van der Waals surface area (Å²) in [6.45, 7) is 0. The molecule has 2 unspecified atom stereocenters. The molecule has 0 saturated heterocycles. The Morgan fingerprint density at radius 2 is 1.33 bits per heavy atom. The van der Waals surface area contributed by atoms with E-state index < -0.39 is 0 Å². The van der Waals surface area contributed by atoms with E-state index in [0.29, 0.717) is 18.2 Å². The lowest BCUT2D eigenvalue weighted by Gasteiger charge is -2.30. The Morgan fingerprint density at radius 1 is 0.733 bits per heavy atom. The fourth-order valence-corrected chi connectivity index (χ4v) is 2.92. The van der Waals surface area contributed by atoms with Gasteiger partial charge in [-0.2, -0.15) is 0 Å². The van der Waals surface area contributed by atoms with Crippen LogP contribution in [-0.2, 0) is 4.74 Å². The Morgan fingerprint density at radius 3 is 2.07 bits per heavy atom. The highest BCUT2D eigenvalue weighted by atomic mass is 16.5. The van der Waals surface area contributed by atoms with E-state index in [9.17, 15) is 0 Å². The molecule has 0 spiro atoms. The molecule has 2 fully saturated rings. The van der Waals surface area contributed by atoms with Gasteiger partial charge in [-0.1, -0.05) is 38.5 Å². The van der Waals surface area contributed by atoms with Crippen molar-refractivity contribution in [1.82, 2.24) is 0 Å². The average Bonchev–Trinajstić information content (AvgIpc) is 2.46. The highest BCUT2D eigenvalue weighted by Crippen LogP contribution is 2.26. The predicted molar refractivity (Wildman–Crippen MR) is 62.8 cm³/mol. The summed E-state index contributed by atoms with van der Waals surface area (Å²) in [5.74, 6) is 0. The van der Waals surface area contributed by atoms with Crippen molar-refractivity contribution in [3.8, 4) is 0 Å². The van der Waals surface area contributed by atoms with Crippen LogP contribution in [-0.4, -0.2) is 18.2 Å². The van der Waals surface area contributed by atoms with Crippen molar-refractivity contribution in [1.29, 1.82) is 0 Å². The first-order valence-corrected chi connectivity index (χ1v) is 6.77. The standard InChI is InChI=1S/C13H25NO/c14-12-9-5-2-6-10-13(12)15-11-7-3-1-4-8-11/h11-13H,1-10,14H2. The molecular formula is C13H25NO. The fourth-order valence-electron chi connectivity index (χ4n) is 2.92. The molecule has 2 saturated carbocycles. The third kappa shape index (κ3) is 3.46. The lowest BCUT2D eigenvalue weighted by atomic mass is 9.97. The van der Waals surface area contributed by atoms with Crippen molar-refractivity contribution in [3.63, 3.8) is 0 Å². The molecule has 2 N–H and O–H groups in total. The molecule has 2 aliphatic rings. The number of rotatable bonds is 2. The molecule has 15 heavy (non-hydrogen) atoms. The highest BCUT2D eigenvalue weighted by Gasteiger charge is 2.25. The molecule has 0 heterocycles. The van der Waals surface area contributed by atoms with Gasteiger partial charge in [-0.05, 0) is 25.7 Å². The Balaban J connectivity index is 1.79. The van der Waals surface area contributed by atoms with Crippen LogP contribution in [0.2, 0.25) is 0 Å². The summed E-state index contributed by atoms with van der Waals surface area (Å²) in [7, 11) is 0. The molecule has 0 aromatic rings. The van der Waals surface area contributed by atoms with Gasteiger partial charge in [-0.25, -0.2) is 0 Å². The van der Waals surface area contributed by atoms with E-state index in [-0.39, 0.29) is 0 Å². The Bertz CT molecular complexity index is 177. The maximum absolute atomic E-state index is 6.20. The molecule has 0 aliphatic heterocycles. The molecule has 2 aliphatic carbocycles. The number of ether oxygens (including phenoxy) is 1. The first-order valence-electron chi connectivity index (χ1n) is 6.77. The fraction of sp³-hybridized carbons (Fsp3) is 1.00. The van der Waals surface area contributed by atoms with Crippen molar-refractivity contribution in [3.05, 3.63) is 0 Å². The van der Waals surface area contributed by atoms with E-state index in [4.69, 9.17) is 10.5 Å². The van der Waals surface area contributed by atoms with Gasteiger partial charge in [0.2, 0.25) is 0 Å². The van der Waals surface area contributed by atoms with Gasteiger partial charge in [0.15, 0.2) is 0 Å². The molecule has 2 heteroatoms. The van der Waals surface area contributed by atoms with E-state index in [1.807, 2.05) is 0 Å². The average molecular weight is 211 g/mol. The summed E-state index contributed by atoms with van der Waals surface area (Å²) in [5, 5.41) is 0. The monoisotopic (exact) mass is 211 g/mol. The van der Waals surface area contributed by atoms with Crippen LogP contribution >= 0.6 is 0 Å². The van der Waals surface area contributed by atoms with Crippen molar-refractivity contribution in [2.75, 3.05) is 0 Å². The van der Waals surface area contributed by atoms with Gasteiger partial charge in [0.25, 0.3) is 0 Å². The normalized spacial score (nSPS) is 35.0. The lowest BCUT2D eigenvalue weighted by molar-refractivity contribution is -0.0437. The van der Waals surface area contributed by atoms with E-state index in [1.54, 1.807) is 0 Å². The maximum Gasteiger partial charge on any atom is 0.0729 e. The second-order valence-corrected chi connectivity index (χ2v) is 5.24.